The van der Waals surface area contributed by atoms with Gasteiger partial charge in [-0.1, -0.05) is 32.0 Å². The van der Waals surface area contributed by atoms with Gasteiger partial charge in [0.2, 0.25) is 0 Å². The Bertz CT molecular complexity index is 473. The fourth-order valence-corrected chi connectivity index (χ4v) is 3.18. The summed E-state index contributed by atoms with van der Waals surface area (Å²) in [6, 6.07) is 6.69. The monoisotopic (exact) mass is 296 g/mol. The SMILES string of the molecule is CC(C)(CNC(=O)N1CCSCC1)c1ccccc1F. The van der Waals surface area contributed by atoms with Gasteiger partial charge in [-0.3, -0.25) is 0 Å². The number of urea groups is 1. The number of amides is 2. The lowest BCUT2D eigenvalue weighted by atomic mass is 9.84. The first-order valence-corrected chi connectivity index (χ1v) is 8.02. The summed E-state index contributed by atoms with van der Waals surface area (Å²) in [7, 11) is 0. The highest BCUT2D eigenvalue weighted by molar-refractivity contribution is 7.99. The number of hydrogen-bond donors (Lipinski definition) is 1. The molecule has 0 saturated carbocycles. The lowest BCUT2D eigenvalue weighted by molar-refractivity contribution is 0.200. The molecule has 1 saturated heterocycles. The summed E-state index contributed by atoms with van der Waals surface area (Å²) in [6.45, 7) is 5.89. The molecule has 1 aromatic carbocycles. The highest BCUT2D eigenvalue weighted by Crippen LogP contribution is 2.24. The molecule has 2 amide bonds. The molecule has 1 aromatic rings. The van der Waals surface area contributed by atoms with Crippen LogP contribution in [-0.2, 0) is 5.41 Å². The van der Waals surface area contributed by atoms with Crippen molar-refractivity contribution in [2.75, 3.05) is 31.1 Å². The van der Waals surface area contributed by atoms with Crippen LogP contribution in [0.15, 0.2) is 24.3 Å². The summed E-state index contributed by atoms with van der Waals surface area (Å²) < 4.78 is 13.8. The van der Waals surface area contributed by atoms with E-state index in [1.165, 1.54) is 6.07 Å². The molecule has 5 heteroatoms. The van der Waals surface area contributed by atoms with E-state index in [0.29, 0.717) is 12.1 Å². The second-order valence-corrected chi connectivity index (χ2v) is 6.85. The lowest BCUT2D eigenvalue weighted by Gasteiger charge is -2.30. The standard InChI is InChI=1S/C15H21FN2OS/c1-15(2,12-5-3-4-6-13(12)16)11-17-14(19)18-7-9-20-10-8-18/h3-6H,7-11H2,1-2H3,(H,17,19). The predicted octanol–water partition coefficient (Wildman–Crippen LogP) is 2.86. The van der Waals surface area contributed by atoms with Gasteiger partial charge in [0.15, 0.2) is 0 Å². The van der Waals surface area contributed by atoms with E-state index in [2.05, 4.69) is 5.32 Å². The molecule has 1 aliphatic rings. The quantitative estimate of drug-likeness (QED) is 0.930. The fraction of sp³-hybridized carbons (Fsp3) is 0.533. The molecule has 20 heavy (non-hydrogen) atoms. The first kappa shape index (κ1) is 15.2. The minimum atomic E-state index is -0.425. The van der Waals surface area contributed by atoms with E-state index in [-0.39, 0.29) is 11.8 Å². The summed E-state index contributed by atoms with van der Waals surface area (Å²) >= 11 is 1.87. The third-order valence-electron chi connectivity index (χ3n) is 3.58. The van der Waals surface area contributed by atoms with E-state index in [9.17, 15) is 9.18 Å². The Morgan fingerprint density at radius 1 is 1.35 bits per heavy atom. The number of carbonyl (C=O) groups is 1. The minimum Gasteiger partial charge on any atom is -0.337 e. The van der Waals surface area contributed by atoms with Gasteiger partial charge in [-0.05, 0) is 11.6 Å². The van der Waals surface area contributed by atoms with Crippen molar-refractivity contribution in [3.05, 3.63) is 35.6 Å². The van der Waals surface area contributed by atoms with E-state index in [4.69, 9.17) is 0 Å². The predicted molar refractivity (Wildman–Crippen MR) is 81.7 cm³/mol. The Morgan fingerprint density at radius 2 is 2.00 bits per heavy atom. The number of thioether (sulfide) groups is 1. The van der Waals surface area contributed by atoms with Crippen molar-refractivity contribution in [3.63, 3.8) is 0 Å². The molecule has 0 bridgehead atoms. The molecular formula is C15H21FN2OS. The summed E-state index contributed by atoms with van der Waals surface area (Å²) in [4.78, 5) is 13.9. The van der Waals surface area contributed by atoms with Crippen molar-refractivity contribution < 1.29 is 9.18 Å². The number of carbonyl (C=O) groups excluding carboxylic acids is 1. The van der Waals surface area contributed by atoms with Crippen LogP contribution in [0.25, 0.3) is 0 Å². The van der Waals surface area contributed by atoms with Gasteiger partial charge in [-0.15, -0.1) is 0 Å². The molecule has 0 atom stereocenters. The molecule has 1 aliphatic heterocycles. The van der Waals surface area contributed by atoms with Crippen LogP contribution in [0.3, 0.4) is 0 Å². The Labute approximate surface area is 123 Å². The highest BCUT2D eigenvalue weighted by Gasteiger charge is 2.26. The van der Waals surface area contributed by atoms with Crippen molar-refractivity contribution in [2.24, 2.45) is 0 Å². The zero-order valence-corrected chi connectivity index (χ0v) is 12.8. The number of halogens is 1. The lowest BCUT2D eigenvalue weighted by Crippen LogP contribution is -2.47. The normalized spacial score (nSPS) is 16.1. The number of benzene rings is 1. The molecule has 2 rings (SSSR count). The molecule has 1 fully saturated rings. The summed E-state index contributed by atoms with van der Waals surface area (Å²) in [6.07, 6.45) is 0. The van der Waals surface area contributed by atoms with Crippen molar-refractivity contribution in [2.45, 2.75) is 19.3 Å². The Morgan fingerprint density at radius 3 is 2.65 bits per heavy atom. The molecule has 0 aliphatic carbocycles. The molecule has 0 spiro atoms. The van der Waals surface area contributed by atoms with E-state index in [1.807, 2.05) is 36.6 Å². The number of nitrogens with zero attached hydrogens (tertiary/aromatic N) is 1. The maximum absolute atomic E-state index is 13.8. The van der Waals surface area contributed by atoms with Crippen LogP contribution in [0.5, 0.6) is 0 Å². The maximum Gasteiger partial charge on any atom is 0.317 e. The van der Waals surface area contributed by atoms with Gasteiger partial charge in [-0.2, -0.15) is 11.8 Å². The van der Waals surface area contributed by atoms with Crippen molar-refractivity contribution in [1.29, 1.82) is 0 Å². The largest absolute Gasteiger partial charge is 0.337 e. The first-order chi connectivity index (χ1) is 9.50. The van der Waals surface area contributed by atoms with Crippen LogP contribution in [0.4, 0.5) is 9.18 Å². The van der Waals surface area contributed by atoms with Gasteiger partial charge in [0.25, 0.3) is 0 Å². The fourth-order valence-electron chi connectivity index (χ4n) is 2.28. The molecular weight excluding hydrogens is 275 g/mol. The van der Waals surface area contributed by atoms with Gasteiger partial charge in [0.1, 0.15) is 5.82 Å². The van der Waals surface area contributed by atoms with Crippen LogP contribution in [-0.4, -0.2) is 42.1 Å². The van der Waals surface area contributed by atoms with Crippen LogP contribution in [0.2, 0.25) is 0 Å². The minimum absolute atomic E-state index is 0.0466. The topological polar surface area (TPSA) is 32.3 Å². The molecule has 0 radical (unpaired) electrons. The first-order valence-electron chi connectivity index (χ1n) is 6.86. The second-order valence-electron chi connectivity index (χ2n) is 5.62. The number of nitrogens with one attached hydrogen (secondary N) is 1. The van der Waals surface area contributed by atoms with Crippen molar-refractivity contribution in [1.82, 2.24) is 10.2 Å². The van der Waals surface area contributed by atoms with Gasteiger partial charge in [0.05, 0.1) is 0 Å². The van der Waals surface area contributed by atoms with Crippen LogP contribution >= 0.6 is 11.8 Å². The summed E-state index contributed by atoms with van der Waals surface area (Å²) in [5.41, 5.74) is 0.209. The molecule has 3 nitrogen and oxygen atoms in total. The van der Waals surface area contributed by atoms with Crippen molar-refractivity contribution in [3.8, 4) is 0 Å². The van der Waals surface area contributed by atoms with Crippen molar-refractivity contribution >= 4 is 17.8 Å². The van der Waals surface area contributed by atoms with E-state index >= 15 is 0 Å². The second kappa shape index (κ2) is 6.48. The smallest absolute Gasteiger partial charge is 0.317 e. The Balaban J connectivity index is 1.95. The average molecular weight is 296 g/mol. The van der Waals surface area contributed by atoms with Crippen LogP contribution in [0, 0.1) is 5.82 Å². The zero-order valence-electron chi connectivity index (χ0n) is 12.0. The third kappa shape index (κ3) is 3.66. The Kier molecular flexibility index (Phi) is 4.91. The molecule has 110 valence electrons. The van der Waals surface area contributed by atoms with E-state index in [0.717, 1.165) is 24.6 Å². The number of hydrogen-bond acceptors (Lipinski definition) is 2. The van der Waals surface area contributed by atoms with Gasteiger partial charge < -0.3 is 10.2 Å². The Hall–Kier alpha value is -1.23. The molecule has 1 heterocycles. The van der Waals surface area contributed by atoms with Crippen LogP contribution in [0.1, 0.15) is 19.4 Å². The third-order valence-corrected chi connectivity index (χ3v) is 4.53. The van der Waals surface area contributed by atoms with Gasteiger partial charge >= 0.3 is 6.03 Å². The molecule has 1 N–H and O–H groups in total. The molecule has 0 unspecified atom stereocenters. The molecule has 0 aromatic heterocycles. The number of rotatable bonds is 3. The summed E-state index contributed by atoms with van der Waals surface area (Å²) in [5.74, 6) is 1.76. The van der Waals surface area contributed by atoms with Gasteiger partial charge in [0, 0.05) is 36.6 Å². The average Bonchev–Trinajstić information content (AvgIpc) is 2.46. The van der Waals surface area contributed by atoms with E-state index < -0.39 is 5.41 Å². The highest BCUT2D eigenvalue weighted by atomic mass is 32.2. The van der Waals surface area contributed by atoms with E-state index in [1.54, 1.807) is 12.1 Å². The zero-order chi connectivity index (χ0) is 14.6. The van der Waals surface area contributed by atoms with Crippen LogP contribution < -0.4 is 5.32 Å². The summed E-state index contributed by atoms with van der Waals surface area (Å²) in [5, 5.41) is 2.93. The maximum atomic E-state index is 13.8. The van der Waals surface area contributed by atoms with Gasteiger partial charge in [-0.25, -0.2) is 9.18 Å².